The van der Waals surface area contributed by atoms with Gasteiger partial charge in [-0.05, 0) is 18.4 Å². The number of amides is 1. The van der Waals surface area contributed by atoms with Crippen molar-refractivity contribution in [1.82, 2.24) is 10.3 Å². The SMILES string of the molecule is CC(C)(C)c1ncc(C(=O)NC(CCCO)c2ccccc2)s1. The molecule has 0 fully saturated rings. The van der Waals surface area contributed by atoms with Crippen LogP contribution in [0.15, 0.2) is 36.5 Å². The molecule has 2 N–H and O–H groups in total. The highest BCUT2D eigenvalue weighted by Crippen LogP contribution is 2.27. The Morgan fingerprint density at radius 2 is 2.00 bits per heavy atom. The van der Waals surface area contributed by atoms with Crippen LogP contribution in [0.3, 0.4) is 0 Å². The van der Waals surface area contributed by atoms with Gasteiger partial charge in [-0.1, -0.05) is 51.1 Å². The zero-order valence-corrected chi connectivity index (χ0v) is 14.7. The molecule has 0 aliphatic heterocycles. The number of aliphatic hydroxyl groups excluding tert-OH is 1. The van der Waals surface area contributed by atoms with Crippen LogP contribution in [-0.4, -0.2) is 22.6 Å². The minimum Gasteiger partial charge on any atom is -0.396 e. The van der Waals surface area contributed by atoms with Crippen molar-refractivity contribution in [1.29, 1.82) is 0 Å². The van der Waals surface area contributed by atoms with Gasteiger partial charge in [-0.25, -0.2) is 4.98 Å². The van der Waals surface area contributed by atoms with Crippen LogP contribution in [0.25, 0.3) is 0 Å². The number of aliphatic hydroxyl groups is 1. The molecule has 2 rings (SSSR count). The van der Waals surface area contributed by atoms with Crippen molar-refractivity contribution >= 4 is 17.2 Å². The maximum atomic E-state index is 12.5. The summed E-state index contributed by atoms with van der Waals surface area (Å²) >= 11 is 1.44. The van der Waals surface area contributed by atoms with E-state index in [-0.39, 0.29) is 24.0 Å². The summed E-state index contributed by atoms with van der Waals surface area (Å²) in [5, 5.41) is 13.1. The number of rotatable bonds is 6. The average molecular weight is 332 g/mol. The molecule has 1 unspecified atom stereocenters. The summed E-state index contributed by atoms with van der Waals surface area (Å²) in [5.41, 5.74) is 0.994. The van der Waals surface area contributed by atoms with E-state index in [1.807, 2.05) is 30.3 Å². The largest absolute Gasteiger partial charge is 0.396 e. The van der Waals surface area contributed by atoms with Gasteiger partial charge in [0.25, 0.3) is 5.91 Å². The Bertz CT molecular complexity index is 632. The predicted molar refractivity (Wildman–Crippen MR) is 93.8 cm³/mol. The molecule has 1 atom stereocenters. The molecule has 0 saturated heterocycles. The van der Waals surface area contributed by atoms with Gasteiger partial charge in [0, 0.05) is 12.0 Å². The molecule has 4 nitrogen and oxygen atoms in total. The lowest BCUT2D eigenvalue weighted by Crippen LogP contribution is -2.28. The maximum absolute atomic E-state index is 12.5. The third-order valence-corrected chi connectivity index (χ3v) is 4.95. The van der Waals surface area contributed by atoms with E-state index in [1.165, 1.54) is 11.3 Å². The number of carbonyl (C=O) groups excluding carboxylic acids is 1. The second-order valence-electron chi connectivity index (χ2n) is 6.58. The Morgan fingerprint density at radius 1 is 1.30 bits per heavy atom. The van der Waals surface area contributed by atoms with Crippen LogP contribution in [0.4, 0.5) is 0 Å². The van der Waals surface area contributed by atoms with Gasteiger partial charge in [0.15, 0.2) is 0 Å². The molecule has 0 aliphatic carbocycles. The van der Waals surface area contributed by atoms with Crippen LogP contribution >= 0.6 is 11.3 Å². The van der Waals surface area contributed by atoms with Gasteiger partial charge < -0.3 is 10.4 Å². The molecule has 23 heavy (non-hydrogen) atoms. The van der Waals surface area contributed by atoms with Crippen LogP contribution in [0.1, 0.15) is 59.9 Å². The van der Waals surface area contributed by atoms with E-state index < -0.39 is 0 Å². The Kier molecular flexibility index (Phi) is 5.91. The lowest BCUT2D eigenvalue weighted by atomic mass is 9.98. The first kappa shape index (κ1) is 17.6. The Hall–Kier alpha value is -1.72. The van der Waals surface area contributed by atoms with Crippen molar-refractivity contribution in [3.05, 3.63) is 52.0 Å². The minimum absolute atomic E-state index is 0.0566. The van der Waals surface area contributed by atoms with Crippen LogP contribution in [0.2, 0.25) is 0 Å². The van der Waals surface area contributed by atoms with Gasteiger partial charge in [0.05, 0.1) is 17.2 Å². The molecule has 1 aromatic heterocycles. The number of carbonyl (C=O) groups is 1. The summed E-state index contributed by atoms with van der Waals surface area (Å²) in [6.45, 7) is 6.37. The lowest BCUT2D eigenvalue weighted by Gasteiger charge is -2.18. The van der Waals surface area contributed by atoms with Crippen LogP contribution in [0, 0.1) is 0 Å². The Balaban J connectivity index is 2.12. The monoisotopic (exact) mass is 332 g/mol. The van der Waals surface area contributed by atoms with E-state index in [1.54, 1.807) is 6.20 Å². The fourth-order valence-electron chi connectivity index (χ4n) is 2.26. The number of hydrogen-bond donors (Lipinski definition) is 2. The lowest BCUT2D eigenvalue weighted by molar-refractivity contribution is 0.0936. The Labute approximate surface area is 141 Å². The van der Waals surface area contributed by atoms with Crippen molar-refractivity contribution in [3.63, 3.8) is 0 Å². The number of nitrogens with zero attached hydrogens (tertiary/aromatic N) is 1. The summed E-state index contributed by atoms with van der Waals surface area (Å²) in [6, 6.07) is 9.75. The van der Waals surface area contributed by atoms with Crippen molar-refractivity contribution in [2.75, 3.05) is 6.61 Å². The standard InChI is InChI=1S/C18H24N2O2S/c1-18(2,3)17-19-12-15(23-17)16(22)20-14(10-7-11-21)13-8-5-4-6-9-13/h4-6,8-9,12,14,21H,7,10-11H2,1-3H3,(H,20,22). The van der Waals surface area contributed by atoms with Gasteiger partial charge >= 0.3 is 0 Å². The molecular formula is C18H24N2O2S. The quantitative estimate of drug-likeness (QED) is 0.848. The molecule has 0 spiro atoms. The molecule has 0 bridgehead atoms. The van der Waals surface area contributed by atoms with Crippen molar-refractivity contribution in [2.24, 2.45) is 0 Å². The van der Waals surface area contributed by atoms with Gasteiger partial charge in [0.1, 0.15) is 4.88 Å². The number of benzene rings is 1. The topological polar surface area (TPSA) is 62.2 Å². The van der Waals surface area contributed by atoms with Gasteiger partial charge in [-0.15, -0.1) is 11.3 Å². The number of hydrogen-bond acceptors (Lipinski definition) is 4. The zero-order valence-electron chi connectivity index (χ0n) is 13.9. The fraction of sp³-hybridized carbons (Fsp3) is 0.444. The van der Waals surface area contributed by atoms with Crippen molar-refractivity contribution in [2.45, 2.75) is 45.1 Å². The molecular weight excluding hydrogens is 308 g/mol. The molecule has 0 aliphatic rings. The van der Waals surface area contributed by atoms with Crippen molar-refractivity contribution in [3.8, 4) is 0 Å². The summed E-state index contributed by atoms with van der Waals surface area (Å²) in [4.78, 5) is 17.5. The second kappa shape index (κ2) is 7.70. The Morgan fingerprint density at radius 3 is 2.57 bits per heavy atom. The predicted octanol–water partition coefficient (Wildman–Crippen LogP) is 3.68. The molecule has 0 saturated carbocycles. The van der Waals surface area contributed by atoms with Gasteiger partial charge in [-0.2, -0.15) is 0 Å². The summed E-state index contributed by atoms with van der Waals surface area (Å²) in [7, 11) is 0. The van der Waals surface area contributed by atoms with Gasteiger partial charge in [-0.3, -0.25) is 4.79 Å². The van der Waals surface area contributed by atoms with E-state index in [0.29, 0.717) is 17.7 Å². The maximum Gasteiger partial charge on any atom is 0.263 e. The molecule has 124 valence electrons. The third kappa shape index (κ3) is 4.88. The molecule has 2 aromatic rings. The highest BCUT2D eigenvalue weighted by atomic mass is 32.1. The molecule has 1 aromatic carbocycles. The minimum atomic E-state index is -0.107. The van der Waals surface area contributed by atoms with Crippen molar-refractivity contribution < 1.29 is 9.90 Å². The normalized spacial score (nSPS) is 12.9. The number of aromatic nitrogens is 1. The molecule has 0 radical (unpaired) electrons. The number of nitrogens with one attached hydrogen (secondary N) is 1. The summed E-state index contributed by atoms with van der Waals surface area (Å²) in [6.07, 6.45) is 3.00. The number of thiazole rings is 1. The highest BCUT2D eigenvalue weighted by molar-refractivity contribution is 7.13. The highest BCUT2D eigenvalue weighted by Gasteiger charge is 2.22. The second-order valence-corrected chi connectivity index (χ2v) is 7.61. The van der Waals surface area contributed by atoms with E-state index in [4.69, 9.17) is 5.11 Å². The van der Waals surface area contributed by atoms with E-state index in [0.717, 1.165) is 10.6 Å². The van der Waals surface area contributed by atoms with Crippen LogP contribution in [-0.2, 0) is 5.41 Å². The molecule has 1 heterocycles. The van der Waals surface area contributed by atoms with E-state index >= 15 is 0 Å². The first-order valence-corrected chi connectivity index (χ1v) is 8.66. The van der Waals surface area contributed by atoms with Crippen LogP contribution < -0.4 is 5.32 Å². The molecule has 5 heteroatoms. The summed E-state index contributed by atoms with van der Waals surface area (Å²) < 4.78 is 0. The zero-order chi connectivity index (χ0) is 16.9. The molecule has 1 amide bonds. The van der Waals surface area contributed by atoms with E-state index in [9.17, 15) is 4.79 Å². The average Bonchev–Trinajstić information content (AvgIpc) is 3.02. The first-order valence-electron chi connectivity index (χ1n) is 7.85. The van der Waals surface area contributed by atoms with Crippen LogP contribution in [0.5, 0.6) is 0 Å². The summed E-state index contributed by atoms with van der Waals surface area (Å²) in [5.74, 6) is -0.107. The third-order valence-electron chi connectivity index (χ3n) is 3.53. The smallest absolute Gasteiger partial charge is 0.263 e. The fourth-order valence-corrected chi connectivity index (χ4v) is 3.14. The van der Waals surface area contributed by atoms with Gasteiger partial charge in [0.2, 0.25) is 0 Å². The van der Waals surface area contributed by atoms with E-state index in [2.05, 4.69) is 31.1 Å². The first-order chi connectivity index (χ1) is 10.9.